The first-order valence-electron chi connectivity index (χ1n) is 6.10. The van der Waals surface area contributed by atoms with E-state index in [9.17, 15) is 9.90 Å². The number of piperidine rings is 1. The highest BCUT2D eigenvalue weighted by molar-refractivity contribution is 9.10. The van der Waals surface area contributed by atoms with E-state index in [1.807, 2.05) is 29.2 Å². The van der Waals surface area contributed by atoms with Crippen LogP contribution in [0.3, 0.4) is 0 Å². The van der Waals surface area contributed by atoms with Crippen LogP contribution < -0.4 is 5.32 Å². The molecule has 1 aromatic rings. The van der Waals surface area contributed by atoms with Gasteiger partial charge in [-0.2, -0.15) is 0 Å². The van der Waals surface area contributed by atoms with Crippen molar-refractivity contribution in [1.82, 2.24) is 4.90 Å². The van der Waals surface area contributed by atoms with Gasteiger partial charge in [0.2, 0.25) is 5.91 Å². The van der Waals surface area contributed by atoms with Crippen LogP contribution in [0.15, 0.2) is 28.7 Å². The molecule has 1 unspecified atom stereocenters. The average molecular weight is 313 g/mol. The van der Waals surface area contributed by atoms with E-state index >= 15 is 0 Å². The number of halogens is 1. The SMILES string of the molecule is O=C(CN1CCCC(O)C1)Nc1ccccc1Br. The first-order chi connectivity index (χ1) is 8.65. The van der Waals surface area contributed by atoms with Gasteiger partial charge in [-0.05, 0) is 47.4 Å². The minimum Gasteiger partial charge on any atom is -0.392 e. The van der Waals surface area contributed by atoms with Gasteiger partial charge in [0.15, 0.2) is 0 Å². The van der Waals surface area contributed by atoms with Gasteiger partial charge in [0.05, 0.1) is 18.3 Å². The van der Waals surface area contributed by atoms with Crippen molar-refractivity contribution in [3.8, 4) is 0 Å². The Morgan fingerprint density at radius 2 is 2.28 bits per heavy atom. The molecule has 1 saturated heterocycles. The largest absolute Gasteiger partial charge is 0.392 e. The third-order valence-corrected chi connectivity index (χ3v) is 3.69. The van der Waals surface area contributed by atoms with Crippen LogP contribution in [-0.2, 0) is 4.79 Å². The summed E-state index contributed by atoms with van der Waals surface area (Å²) in [5.74, 6) is -0.0454. The van der Waals surface area contributed by atoms with Gasteiger partial charge in [0, 0.05) is 11.0 Å². The van der Waals surface area contributed by atoms with E-state index in [0.717, 1.165) is 29.5 Å². The van der Waals surface area contributed by atoms with Crippen molar-refractivity contribution < 1.29 is 9.90 Å². The highest BCUT2D eigenvalue weighted by Gasteiger charge is 2.19. The number of benzene rings is 1. The standard InChI is InChI=1S/C13H17BrN2O2/c14-11-5-1-2-6-12(11)15-13(18)9-16-7-3-4-10(17)8-16/h1-2,5-6,10,17H,3-4,7-9H2,(H,15,18). The van der Waals surface area contributed by atoms with Crippen molar-refractivity contribution in [2.45, 2.75) is 18.9 Å². The van der Waals surface area contributed by atoms with Gasteiger partial charge in [-0.25, -0.2) is 0 Å². The summed E-state index contributed by atoms with van der Waals surface area (Å²) in [6.45, 7) is 1.79. The summed E-state index contributed by atoms with van der Waals surface area (Å²) in [5, 5.41) is 12.4. The zero-order valence-electron chi connectivity index (χ0n) is 10.1. The van der Waals surface area contributed by atoms with E-state index in [0.29, 0.717) is 13.1 Å². The summed E-state index contributed by atoms with van der Waals surface area (Å²) >= 11 is 3.39. The zero-order valence-corrected chi connectivity index (χ0v) is 11.7. The highest BCUT2D eigenvalue weighted by atomic mass is 79.9. The number of β-amino-alcohol motifs (C(OH)–C–C–N with tert-alkyl or cyclic N) is 1. The number of para-hydroxylation sites is 1. The van der Waals surface area contributed by atoms with E-state index in [2.05, 4.69) is 21.2 Å². The molecule has 1 atom stereocenters. The quantitative estimate of drug-likeness (QED) is 0.895. The Morgan fingerprint density at radius 1 is 1.50 bits per heavy atom. The third-order valence-electron chi connectivity index (χ3n) is 3.00. The molecule has 2 N–H and O–H groups in total. The lowest BCUT2D eigenvalue weighted by Gasteiger charge is -2.29. The molecule has 1 amide bonds. The summed E-state index contributed by atoms with van der Waals surface area (Å²) < 4.78 is 0.872. The second kappa shape index (κ2) is 6.31. The number of aliphatic hydroxyl groups excluding tert-OH is 1. The normalized spacial score (nSPS) is 20.7. The van der Waals surface area contributed by atoms with Gasteiger partial charge in [-0.1, -0.05) is 12.1 Å². The molecule has 1 fully saturated rings. The number of carbonyl (C=O) groups is 1. The monoisotopic (exact) mass is 312 g/mol. The molecule has 0 radical (unpaired) electrons. The number of rotatable bonds is 3. The predicted molar refractivity (Wildman–Crippen MR) is 74.5 cm³/mol. The minimum atomic E-state index is -0.296. The van der Waals surface area contributed by atoms with E-state index in [1.165, 1.54) is 0 Å². The maximum atomic E-state index is 11.9. The number of carbonyl (C=O) groups excluding carboxylic acids is 1. The molecule has 98 valence electrons. The zero-order chi connectivity index (χ0) is 13.0. The van der Waals surface area contributed by atoms with Crippen LogP contribution in [0.5, 0.6) is 0 Å². The number of likely N-dealkylation sites (tertiary alicyclic amines) is 1. The van der Waals surface area contributed by atoms with E-state index in [4.69, 9.17) is 0 Å². The molecule has 1 aliphatic heterocycles. The van der Waals surface area contributed by atoms with Crippen LogP contribution in [0.1, 0.15) is 12.8 Å². The Balaban J connectivity index is 1.87. The van der Waals surface area contributed by atoms with Crippen LogP contribution in [0, 0.1) is 0 Å². The summed E-state index contributed by atoms with van der Waals surface area (Å²) in [6, 6.07) is 7.53. The topological polar surface area (TPSA) is 52.6 Å². The van der Waals surface area contributed by atoms with Gasteiger partial charge in [0.1, 0.15) is 0 Å². The molecule has 2 rings (SSSR count). The molecule has 0 aliphatic carbocycles. The van der Waals surface area contributed by atoms with Crippen LogP contribution in [-0.4, -0.2) is 41.7 Å². The van der Waals surface area contributed by atoms with Crippen molar-refractivity contribution >= 4 is 27.5 Å². The summed E-state index contributed by atoms with van der Waals surface area (Å²) in [7, 11) is 0. The number of hydrogen-bond acceptors (Lipinski definition) is 3. The average Bonchev–Trinajstić information content (AvgIpc) is 2.32. The smallest absolute Gasteiger partial charge is 0.238 e. The maximum absolute atomic E-state index is 11.9. The Bertz CT molecular complexity index is 425. The van der Waals surface area contributed by atoms with Crippen molar-refractivity contribution in [3.63, 3.8) is 0 Å². The number of amides is 1. The van der Waals surface area contributed by atoms with Crippen LogP contribution >= 0.6 is 15.9 Å². The molecule has 4 nitrogen and oxygen atoms in total. The molecule has 18 heavy (non-hydrogen) atoms. The number of nitrogens with one attached hydrogen (secondary N) is 1. The summed E-state index contributed by atoms with van der Waals surface area (Å²) in [4.78, 5) is 13.9. The Hall–Kier alpha value is -0.910. The maximum Gasteiger partial charge on any atom is 0.238 e. The highest BCUT2D eigenvalue weighted by Crippen LogP contribution is 2.21. The Morgan fingerprint density at radius 3 is 3.00 bits per heavy atom. The van der Waals surface area contributed by atoms with E-state index < -0.39 is 0 Å². The lowest BCUT2D eigenvalue weighted by molar-refractivity contribution is -0.118. The molecule has 5 heteroatoms. The molecular weight excluding hydrogens is 296 g/mol. The molecular formula is C13H17BrN2O2. The van der Waals surface area contributed by atoms with Gasteiger partial charge in [-0.3, -0.25) is 9.69 Å². The van der Waals surface area contributed by atoms with Gasteiger partial charge in [0.25, 0.3) is 0 Å². The van der Waals surface area contributed by atoms with Crippen molar-refractivity contribution in [2.75, 3.05) is 25.0 Å². The summed E-state index contributed by atoms with van der Waals surface area (Å²) in [6.07, 6.45) is 1.49. The first kappa shape index (κ1) is 13.5. The number of nitrogens with zero attached hydrogens (tertiary/aromatic N) is 1. The molecule has 1 aliphatic rings. The van der Waals surface area contributed by atoms with Crippen molar-refractivity contribution in [2.24, 2.45) is 0 Å². The van der Waals surface area contributed by atoms with Crippen LogP contribution in [0.25, 0.3) is 0 Å². The second-order valence-electron chi connectivity index (χ2n) is 4.56. The number of aliphatic hydroxyl groups is 1. The van der Waals surface area contributed by atoms with Crippen LogP contribution in [0.2, 0.25) is 0 Å². The molecule has 1 heterocycles. The lowest BCUT2D eigenvalue weighted by atomic mass is 10.1. The van der Waals surface area contributed by atoms with Crippen molar-refractivity contribution in [3.05, 3.63) is 28.7 Å². The third kappa shape index (κ3) is 3.80. The predicted octanol–water partition coefficient (Wildman–Crippen LogP) is 1.84. The molecule has 0 bridgehead atoms. The van der Waals surface area contributed by atoms with E-state index in [1.54, 1.807) is 0 Å². The van der Waals surface area contributed by atoms with Gasteiger partial charge >= 0.3 is 0 Å². The number of hydrogen-bond donors (Lipinski definition) is 2. The first-order valence-corrected chi connectivity index (χ1v) is 6.89. The van der Waals surface area contributed by atoms with Gasteiger partial charge in [-0.15, -0.1) is 0 Å². The second-order valence-corrected chi connectivity index (χ2v) is 5.41. The lowest BCUT2D eigenvalue weighted by Crippen LogP contribution is -2.42. The fraction of sp³-hybridized carbons (Fsp3) is 0.462. The molecule has 0 spiro atoms. The van der Waals surface area contributed by atoms with Gasteiger partial charge < -0.3 is 10.4 Å². The van der Waals surface area contributed by atoms with E-state index in [-0.39, 0.29) is 12.0 Å². The fourth-order valence-corrected chi connectivity index (χ4v) is 2.51. The van der Waals surface area contributed by atoms with Crippen LogP contribution in [0.4, 0.5) is 5.69 Å². The minimum absolute atomic E-state index is 0.0454. The molecule has 0 aromatic heterocycles. The molecule has 1 aromatic carbocycles. The Kier molecular flexibility index (Phi) is 4.74. The molecule has 0 saturated carbocycles. The fourth-order valence-electron chi connectivity index (χ4n) is 2.13. The Labute approximate surface area is 115 Å². The van der Waals surface area contributed by atoms with Crippen molar-refractivity contribution in [1.29, 1.82) is 0 Å². The summed E-state index contributed by atoms with van der Waals surface area (Å²) in [5.41, 5.74) is 0.778. The number of anilines is 1.